The van der Waals surface area contributed by atoms with Gasteiger partial charge in [0, 0.05) is 12.3 Å². The number of hydrogen-bond donors (Lipinski definition) is 1. The van der Waals surface area contributed by atoms with E-state index in [9.17, 15) is 5.11 Å². The van der Waals surface area contributed by atoms with E-state index in [1.807, 2.05) is 18.2 Å². The Morgan fingerprint density at radius 1 is 1.41 bits per heavy atom. The fourth-order valence-corrected chi connectivity index (χ4v) is 2.60. The van der Waals surface area contributed by atoms with Crippen LogP contribution in [-0.2, 0) is 6.54 Å². The van der Waals surface area contributed by atoms with Gasteiger partial charge in [0.25, 0.3) is 0 Å². The second-order valence-electron chi connectivity index (χ2n) is 3.79. The van der Waals surface area contributed by atoms with E-state index in [2.05, 4.69) is 22.5 Å². The van der Waals surface area contributed by atoms with E-state index in [0.29, 0.717) is 5.75 Å². The third kappa shape index (κ3) is 3.15. The van der Waals surface area contributed by atoms with Crippen LogP contribution in [0, 0.1) is 0 Å². The summed E-state index contributed by atoms with van der Waals surface area (Å²) in [5.74, 6) is 0.684. The third-order valence-electron chi connectivity index (χ3n) is 2.39. The number of fused-ring (bicyclic) bond motifs is 1. The number of nitrogens with zero attached hydrogens (tertiary/aromatic N) is 2. The molecule has 0 aliphatic rings. The van der Waals surface area contributed by atoms with Crippen LogP contribution in [0.4, 0.5) is 0 Å². The minimum atomic E-state index is -0.296. The molecule has 1 unspecified atom stereocenters. The Kier molecular flexibility index (Phi) is 5.31. The number of thioether (sulfide) groups is 1. The second-order valence-corrected chi connectivity index (χ2v) is 4.77. The normalized spacial score (nSPS) is 12.4. The average Bonchev–Trinajstić information content (AvgIpc) is 2.63. The van der Waals surface area contributed by atoms with E-state index in [1.165, 1.54) is 0 Å². The number of hydrogen-bond acceptors (Lipinski definition) is 3. The highest BCUT2D eigenvalue weighted by molar-refractivity contribution is 7.99. The standard InChI is InChI=1S/C12H16N2OS.ClH/c1-3-14-11-7-5-4-6-10(11)13-12(14)16-8-9(2)15;/h4-7,9,15H,3,8H2,1-2H3;1H. The summed E-state index contributed by atoms with van der Waals surface area (Å²) in [5.41, 5.74) is 2.19. The van der Waals surface area contributed by atoms with E-state index in [0.717, 1.165) is 22.7 Å². The number of aliphatic hydroxyl groups is 1. The number of para-hydroxylation sites is 2. The number of rotatable bonds is 4. The van der Waals surface area contributed by atoms with Crippen LogP contribution in [-0.4, -0.2) is 26.5 Å². The van der Waals surface area contributed by atoms with E-state index < -0.39 is 0 Å². The van der Waals surface area contributed by atoms with Gasteiger partial charge in [-0.1, -0.05) is 23.9 Å². The topological polar surface area (TPSA) is 38.0 Å². The second kappa shape index (κ2) is 6.28. The van der Waals surface area contributed by atoms with Gasteiger partial charge in [0.2, 0.25) is 0 Å². The molecule has 0 fully saturated rings. The zero-order chi connectivity index (χ0) is 11.5. The molecule has 1 N–H and O–H groups in total. The number of benzene rings is 1. The molecule has 5 heteroatoms. The number of aryl methyl sites for hydroxylation is 1. The van der Waals surface area contributed by atoms with Crippen molar-refractivity contribution in [2.75, 3.05) is 5.75 Å². The van der Waals surface area contributed by atoms with Gasteiger partial charge in [0.1, 0.15) is 0 Å². The first-order valence-electron chi connectivity index (χ1n) is 5.48. The van der Waals surface area contributed by atoms with Gasteiger partial charge in [0.15, 0.2) is 5.16 Å². The van der Waals surface area contributed by atoms with Gasteiger partial charge in [0.05, 0.1) is 17.1 Å². The minimum absolute atomic E-state index is 0. The summed E-state index contributed by atoms with van der Waals surface area (Å²) in [5, 5.41) is 10.3. The van der Waals surface area contributed by atoms with Gasteiger partial charge in [-0.05, 0) is 26.0 Å². The summed E-state index contributed by atoms with van der Waals surface area (Å²) in [6.07, 6.45) is -0.296. The van der Waals surface area contributed by atoms with Crippen LogP contribution in [0.25, 0.3) is 11.0 Å². The quantitative estimate of drug-likeness (QED) is 0.870. The van der Waals surface area contributed by atoms with Crippen LogP contribution in [0.2, 0.25) is 0 Å². The predicted octanol–water partition coefficient (Wildman–Crippen LogP) is 2.95. The van der Waals surface area contributed by atoms with Crippen LogP contribution in [0.1, 0.15) is 13.8 Å². The summed E-state index contributed by atoms with van der Waals surface area (Å²) >= 11 is 1.61. The molecule has 0 radical (unpaired) electrons. The van der Waals surface area contributed by atoms with E-state index in [4.69, 9.17) is 0 Å². The molecule has 0 bridgehead atoms. The number of imidazole rings is 1. The highest BCUT2D eigenvalue weighted by Gasteiger charge is 2.09. The van der Waals surface area contributed by atoms with Gasteiger partial charge in [-0.15, -0.1) is 12.4 Å². The molecule has 1 aromatic carbocycles. The van der Waals surface area contributed by atoms with Crippen molar-refractivity contribution in [3.63, 3.8) is 0 Å². The Hall–Kier alpha value is -0.710. The van der Waals surface area contributed by atoms with Crippen molar-refractivity contribution in [2.45, 2.75) is 31.7 Å². The first-order valence-corrected chi connectivity index (χ1v) is 6.47. The molecule has 1 aromatic heterocycles. The van der Waals surface area contributed by atoms with Crippen molar-refractivity contribution < 1.29 is 5.11 Å². The lowest BCUT2D eigenvalue weighted by Gasteiger charge is -2.06. The highest BCUT2D eigenvalue weighted by Crippen LogP contribution is 2.24. The Bertz CT molecular complexity index is 484. The van der Waals surface area contributed by atoms with Crippen LogP contribution in [0.3, 0.4) is 0 Å². The monoisotopic (exact) mass is 272 g/mol. The molecule has 0 saturated heterocycles. The molecule has 0 amide bonds. The molecule has 0 spiro atoms. The number of halogens is 1. The van der Waals surface area contributed by atoms with Gasteiger partial charge >= 0.3 is 0 Å². The first-order chi connectivity index (χ1) is 7.72. The number of aliphatic hydroxyl groups excluding tert-OH is 1. The molecule has 94 valence electrons. The fraction of sp³-hybridized carbons (Fsp3) is 0.417. The maximum absolute atomic E-state index is 9.29. The van der Waals surface area contributed by atoms with E-state index in [1.54, 1.807) is 18.7 Å². The average molecular weight is 273 g/mol. The summed E-state index contributed by atoms with van der Waals surface area (Å²) in [6.45, 7) is 4.81. The van der Waals surface area contributed by atoms with Crippen LogP contribution < -0.4 is 0 Å². The van der Waals surface area contributed by atoms with Crippen molar-refractivity contribution >= 4 is 35.2 Å². The lowest BCUT2D eigenvalue weighted by atomic mass is 10.3. The lowest BCUT2D eigenvalue weighted by Crippen LogP contribution is -2.04. The third-order valence-corrected chi connectivity index (χ3v) is 3.61. The Morgan fingerprint density at radius 2 is 2.12 bits per heavy atom. The maximum Gasteiger partial charge on any atom is 0.169 e. The molecule has 1 atom stereocenters. The number of aromatic nitrogens is 2. The van der Waals surface area contributed by atoms with Crippen molar-refractivity contribution in [1.29, 1.82) is 0 Å². The SMILES string of the molecule is CCn1c(SCC(C)O)nc2ccccc21.Cl. The molecule has 0 aliphatic carbocycles. The van der Waals surface area contributed by atoms with Crippen molar-refractivity contribution in [3.8, 4) is 0 Å². The summed E-state index contributed by atoms with van der Waals surface area (Å²) < 4.78 is 2.18. The zero-order valence-electron chi connectivity index (χ0n) is 9.96. The smallest absolute Gasteiger partial charge is 0.169 e. The minimum Gasteiger partial charge on any atom is -0.393 e. The predicted molar refractivity (Wildman–Crippen MR) is 75.1 cm³/mol. The van der Waals surface area contributed by atoms with Crippen LogP contribution >= 0.6 is 24.2 Å². The van der Waals surface area contributed by atoms with E-state index in [-0.39, 0.29) is 18.5 Å². The Morgan fingerprint density at radius 3 is 2.76 bits per heavy atom. The maximum atomic E-state index is 9.29. The molecule has 3 nitrogen and oxygen atoms in total. The molecule has 0 aliphatic heterocycles. The van der Waals surface area contributed by atoms with Gasteiger partial charge < -0.3 is 9.67 Å². The highest BCUT2D eigenvalue weighted by atomic mass is 35.5. The van der Waals surface area contributed by atoms with Gasteiger partial charge in [-0.25, -0.2) is 4.98 Å². The molecule has 0 saturated carbocycles. The van der Waals surface area contributed by atoms with Gasteiger partial charge in [-0.2, -0.15) is 0 Å². The van der Waals surface area contributed by atoms with Crippen LogP contribution in [0.5, 0.6) is 0 Å². The summed E-state index contributed by atoms with van der Waals surface area (Å²) in [7, 11) is 0. The lowest BCUT2D eigenvalue weighted by molar-refractivity contribution is 0.220. The van der Waals surface area contributed by atoms with Crippen molar-refractivity contribution in [1.82, 2.24) is 9.55 Å². The Balaban J connectivity index is 0.00000144. The molecule has 1 heterocycles. The molecule has 2 aromatic rings. The largest absolute Gasteiger partial charge is 0.393 e. The van der Waals surface area contributed by atoms with Gasteiger partial charge in [-0.3, -0.25) is 0 Å². The fourth-order valence-electron chi connectivity index (χ4n) is 1.66. The first kappa shape index (κ1) is 14.4. The van der Waals surface area contributed by atoms with Crippen molar-refractivity contribution in [3.05, 3.63) is 24.3 Å². The Labute approximate surface area is 112 Å². The molecular weight excluding hydrogens is 256 g/mol. The van der Waals surface area contributed by atoms with Crippen LogP contribution in [0.15, 0.2) is 29.4 Å². The zero-order valence-corrected chi connectivity index (χ0v) is 11.6. The molecule has 2 rings (SSSR count). The summed E-state index contributed by atoms with van der Waals surface area (Å²) in [4.78, 5) is 4.57. The van der Waals surface area contributed by atoms with E-state index >= 15 is 0 Å². The van der Waals surface area contributed by atoms with Crippen molar-refractivity contribution in [2.24, 2.45) is 0 Å². The molecule has 17 heavy (non-hydrogen) atoms. The summed E-state index contributed by atoms with van der Waals surface area (Å²) in [6, 6.07) is 8.13. The molecular formula is C12H17ClN2OS.